The summed E-state index contributed by atoms with van der Waals surface area (Å²) in [4.78, 5) is 2.60. The van der Waals surface area contributed by atoms with Crippen molar-refractivity contribution < 1.29 is 0 Å². The summed E-state index contributed by atoms with van der Waals surface area (Å²) < 4.78 is 0. The zero-order chi connectivity index (χ0) is 13.7. The number of aryl methyl sites for hydroxylation is 2. The smallest absolute Gasteiger partial charge is 0.0107 e. The van der Waals surface area contributed by atoms with Gasteiger partial charge in [-0.3, -0.25) is 0 Å². The maximum absolute atomic E-state index is 3.42. The molecule has 1 aliphatic rings. The number of nitrogens with one attached hydrogen (secondary N) is 1. The first-order chi connectivity index (χ1) is 9.20. The van der Waals surface area contributed by atoms with Crippen LogP contribution in [0, 0.1) is 13.8 Å². The number of nitrogens with zero attached hydrogens (tertiary/aromatic N) is 1. The quantitative estimate of drug-likeness (QED) is 0.875. The topological polar surface area (TPSA) is 15.3 Å². The Bertz CT molecular complexity index is 394. The van der Waals surface area contributed by atoms with Crippen LogP contribution in [0.4, 0.5) is 0 Å². The second-order valence-electron chi connectivity index (χ2n) is 5.85. The van der Waals surface area contributed by atoms with Gasteiger partial charge in [-0.25, -0.2) is 0 Å². The molecular weight excluding hydrogens is 232 g/mol. The fourth-order valence-corrected chi connectivity index (χ4v) is 3.05. The van der Waals surface area contributed by atoms with Crippen molar-refractivity contribution in [2.45, 2.75) is 39.5 Å². The molecule has 1 fully saturated rings. The van der Waals surface area contributed by atoms with Crippen molar-refractivity contribution in [3.63, 3.8) is 0 Å². The van der Waals surface area contributed by atoms with E-state index in [2.05, 4.69) is 49.2 Å². The van der Waals surface area contributed by atoms with Gasteiger partial charge in [0.25, 0.3) is 0 Å². The first-order valence-electron chi connectivity index (χ1n) is 7.71. The van der Waals surface area contributed by atoms with Crippen molar-refractivity contribution in [1.82, 2.24) is 10.2 Å². The summed E-state index contributed by atoms with van der Waals surface area (Å²) in [6.45, 7) is 12.7. The van der Waals surface area contributed by atoms with Crippen LogP contribution in [0.1, 0.15) is 42.4 Å². The second-order valence-corrected chi connectivity index (χ2v) is 5.85. The van der Waals surface area contributed by atoms with Crippen molar-refractivity contribution >= 4 is 0 Å². The average molecular weight is 260 g/mol. The number of hydrogen-bond donors (Lipinski definition) is 1. The fraction of sp³-hybridized carbons (Fsp3) is 0.647. The Kier molecular flexibility index (Phi) is 5.41. The Labute approximate surface area is 118 Å². The predicted molar refractivity (Wildman–Crippen MR) is 82.9 cm³/mol. The van der Waals surface area contributed by atoms with Gasteiger partial charge in [-0.2, -0.15) is 0 Å². The Balaban J connectivity index is 1.97. The Hall–Kier alpha value is -0.860. The van der Waals surface area contributed by atoms with E-state index >= 15 is 0 Å². The molecule has 1 N–H and O–H groups in total. The molecule has 0 spiro atoms. The van der Waals surface area contributed by atoms with Crippen LogP contribution >= 0.6 is 0 Å². The third-order valence-corrected chi connectivity index (χ3v) is 4.37. The summed E-state index contributed by atoms with van der Waals surface area (Å²) in [6, 6.07) is 6.89. The second kappa shape index (κ2) is 7.06. The highest BCUT2D eigenvalue weighted by Gasteiger charge is 2.15. The van der Waals surface area contributed by atoms with E-state index < -0.39 is 0 Å². The average Bonchev–Trinajstić information content (AvgIpc) is 2.44. The molecule has 1 heterocycles. The van der Waals surface area contributed by atoms with Crippen molar-refractivity contribution in [2.75, 3.05) is 32.7 Å². The molecule has 0 aromatic heterocycles. The van der Waals surface area contributed by atoms with Crippen molar-refractivity contribution in [2.24, 2.45) is 0 Å². The molecule has 1 aromatic rings. The van der Waals surface area contributed by atoms with Gasteiger partial charge in [-0.15, -0.1) is 0 Å². The van der Waals surface area contributed by atoms with Crippen LogP contribution in [-0.2, 0) is 0 Å². The molecule has 1 atom stereocenters. The summed E-state index contributed by atoms with van der Waals surface area (Å²) in [5.74, 6) is 0.717. The summed E-state index contributed by atoms with van der Waals surface area (Å²) in [7, 11) is 0. The highest BCUT2D eigenvalue weighted by Crippen LogP contribution is 2.27. The van der Waals surface area contributed by atoms with Gasteiger partial charge in [0, 0.05) is 26.2 Å². The lowest BCUT2D eigenvalue weighted by atomic mass is 9.88. The van der Waals surface area contributed by atoms with Crippen LogP contribution in [0.2, 0.25) is 0 Å². The molecule has 0 bridgehead atoms. The van der Waals surface area contributed by atoms with Crippen LogP contribution in [-0.4, -0.2) is 37.6 Å². The van der Waals surface area contributed by atoms with E-state index in [1.54, 1.807) is 5.56 Å². The molecule has 2 heteroatoms. The molecule has 0 aliphatic carbocycles. The summed E-state index contributed by atoms with van der Waals surface area (Å²) >= 11 is 0. The largest absolute Gasteiger partial charge is 0.314 e. The molecule has 0 amide bonds. The molecule has 2 rings (SSSR count). The Morgan fingerprint density at radius 3 is 2.63 bits per heavy atom. The number of piperazine rings is 1. The van der Waals surface area contributed by atoms with E-state index in [1.807, 2.05) is 0 Å². The Morgan fingerprint density at radius 1 is 1.21 bits per heavy atom. The van der Waals surface area contributed by atoms with Crippen LogP contribution in [0.5, 0.6) is 0 Å². The van der Waals surface area contributed by atoms with Gasteiger partial charge in [0.1, 0.15) is 0 Å². The van der Waals surface area contributed by atoms with E-state index in [1.165, 1.54) is 43.6 Å². The van der Waals surface area contributed by atoms with Crippen molar-refractivity contribution in [3.8, 4) is 0 Å². The maximum atomic E-state index is 3.42. The van der Waals surface area contributed by atoms with Crippen LogP contribution < -0.4 is 5.32 Å². The minimum Gasteiger partial charge on any atom is -0.314 e. The lowest BCUT2D eigenvalue weighted by molar-refractivity contribution is 0.232. The minimum atomic E-state index is 0.717. The van der Waals surface area contributed by atoms with Crippen LogP contribution in [0.15, 0.2) is 18.2 Å². The van der Waals surface area contributed by atoms with Crippen molar-refractivity contribution in [3.05, 3.63) is 34.9 Å². The van der Waals surface area contributed by atoms with E-state index in [0.29, 0.717) is 0 Å². The first-order valence-corrected chi connectivity index (χ1v) is 7.71. The zero-order valence-electron chi connectivity index (χ0n) is 12.7. The molecule has 1 aliphatic heterocycles. The minimum absolute atomic E-state index is 0.717. The van der Waals surface area contributed by atoms with Crippen LogP contribution in [0.25, 0.3) is 0 Å². The SMILES string of the molecule is CCC(CCN1CCNCC1)c1cc(C)ccc1C. The molecule has 19 heavy (non-hydrogen) atoms. The third kappa shape index (κ3) is 4.05. The molecule has 1 aromatic carbocycles. The van der Waals surface area contributed by atoms with E-state index in [0.717, 1.165) is 19.0 Å². The van der Waals surface area contributed by atoms with Gasteiger partial charge in [0.05, 0.1) is 0 Å². The molecule has 1 unspecified atom stereocenters. The summed E-state index contributed by atoms with van der Waals surface area (Å²) in [5.41, 5.74) is 4.41. The molecule has 0 radical (unpaired) electrons. The molecule has 2 nitrogen and oxygen atoms in total. The van der Waals surface area contributed by atoms with E-state index in [4.69, 9.17) is 0 Å². The van der Waals surface area contributed by atoms with Crippen molar-refractivity contribution in [1.29, 1.82) is 0 Å². The molecule has 1 saturated heterocycles. The fourth-order valence-electron chi connectivity index (χ4n) is 3.05. The standard InChI is InChI=1S/C17H28N2/c1-4-16(7-10-19-11-8-18-9-12-19)17-13-14(2)5-6-15(17)3/h5-6,13,16,18H,4,7-12H2,1-3H3. The van der Waals surface area contributed by atoms with Gasteiger partial charge < -0.3 is 10.2 Å². The van der Waals surface area contributed by atoms with Gasteiger partial charge in [-0.05, 0) is 50.3 Å². The van der Waals surface area contributed by atoms with Crippen LogP contribution in [0.3, 0.4) is 0 Å². The van der Waals surface area contributed by atoms with Gasteiger partial charge in [0.2, 0.25) is 0 Å². The summed E-state index contributed by atoms with van der Waals surface area (Å²) in [5, 5.41) is 3.42. The number of hydrogen-bond acceptors (Lipinski definition) is 2. The normalized spacial score (nSPS) is 18.5. The highest BCUT2D eigenvalue weighted by atomic mass is 15.2. The van der Waals surface area contributed by atoms with E-state index in [9.17, 15) is 0 Å². The molecule has 106 valence electrons. The lowest BCUT2D eigenvalue weighted by Crippen LogP contribution is -2.44. The summed E-state index contributed by atoms with van der Waals surface area (Å²) in [6.07, 6.45) is 2.54. The monoisotopic (exact) mass is 260 g/mol. The number of rotatable bonds is 5. The van der Waals surface area contributed by atoms with Gasteiger partial charge >= 0.3 is 0 Å². The maximum Gasteiger partial charge on any atom is 0.0107 e. The molecular formula is C17H28N2. The van der Waals surface area contributed by atoms with Gasteiger partial charge in [0.15, 0.2) is 0 Å². The molecule has 0 saturated carbocycles. The zero-order valence-corrected chi connectivity index (χ0v) is 12.7. The third-order valence-electron chi connectivity index (χ3n) is 4.37. The number of benzene rings is 1. The predicted octanol–water partition coefficient (Wildman–Crippen LogP) is 3.09. The van der Waals surface area contributed by atoms with E-state index in [-0.39, 0.29) is 0 Å². The first kappa shape index (κ1) is 14.5. The lowest BCUT2D eigenvalue weighted by Gasteiger charge is -2.29. The Morgan fingerprint density at radius 2 is 1.95 bits per heavy atom. The highest BCUT2D eigenvalue weighted by molar-refractivity contribution is 5.33. The van der Waals surface area contributed by atoms with Gasteiger partial charge in [-0.1, -0.05) is 30.7 Å².